The maximum atomic E-state index is 6.13. The smallest absolute Gasteiger partial charge is 0.242 e. The third kappa shape index (κ3) is 3.20. The number of anilines is 2. The van der Waals surface area contributed by atoms with Crippen molar-refractivity contribution in [2.45, 2.75) is 57.7 Å². The zero-order valence-electron chi connectivity index (χ0n) is 12.9. The Morgan fingerprint density at radius 2 is 2.19 bits per heavy atom. The van der Waals surface area contributed by atoms with Gasteiger partial charge in [-0.3, -0.25) is 0 Å². The van der Waals surface area contributed by atoms with E-state index in [-0.39, 0.29) is 6.10 Å². The highest BCUT2D eigenvalue weighted by molar-refractivity contribution is 5.66. The molecule has 2 atom stereocenters. The average Bonchev–Trinajstić information content (AvgIpc) is 2.90. The van der Waals surface area contributed by atoms with Gasteiger partial charge in [-0.25, -0.2) is 4.98 Å². The Hall–Kier alpha value is -1.56. The van der Waals surface area contributed by atoms with Gasteiger partial charge in [0.05, 0.1) is 6.10 Å². The van der Waals surface area contributed by atoms with Crippen LogP contribution in [0.5, 0.6) is 5.88 Å². The summed E-state index contributed by atoms with van der Waals surface area (Å²) >= 11 is 0. The van der Waals surface area contributed by atoms with Gasteiger partial charge in [0.15, 0.2) is 5.82 Å². The number of nitrogens with zero attached hydrogens (tertiary/aromatic N) is 3. The average molecular weight is 291 g/mol. The van der Waals surface area contributed by atoms with E-state index in [9.17, 15) is 0 Å². The van der Waals surface area contributed by atoms with Crippen LogP contribution in [0.4, 0.5) is 11.5 Å². The summed E-state index contributed by atoms with van der Waals surface area (Å²) in [7, 11) is 0. The molecule has 1 aromatic heterocycles. The lowest BCUT2D eigenvalue weighted by atomic mass is 9.97. The molecule has 0 saturated carbocycles. The lowest BCUT2D eigenvalue weighted by Gasteiger charge is -2.35. The molecular formula is C15H25N5O. The Labute approximate surface area is 126 Å². The first-order valence-corrected chi connectivity index (χ1v) is 7.91. The van der Waals surface area contributed by atoms with Crippen molar-refractivity contribution in [3.8, 4) is 5.88 Å². The molecule has 0 amide bonds. The fraction of sp³-hybridized carbons (Fsp3) is 0.733. The zero-order chi connectivity index (χ0) is 14.8. The van der Waals surface area contributed by atoms with E-state index in [1.807, 2.05) is 13.8 Å². The van der Waals surface area contributed by atoms with E-state index < -0.39 is 0 Å². The topological polar surface area (TPSA) is 76.3 Å². The van der Waals surface area contributed by atoms with E-state index in [0.29, 0.717) is 23.4 Å². The number of nitrogens with one attached hydrogen (secondary N) is 1. The second-order valence-corrected chi connectivity index (χ2v) is 6.31. The Balaban J connectivity index is 1.67. The fourth-order valence-electron chi connectivity index (χ4n) is 3.36. The van der Waals surface area contributed by atoms with E-state index >= 15 is 0 Å². The zero-order valence-corrected chi connectivity index (χ0v) is 12.9. The molecule has 2 saturated heterocycles. The molecule has 0 radical (unpaired) electrons. The SMILES string of the molecule is CC(C)Oc1ncnc(NC2CCN3CCCC3C2)c1N. The predicted molar refractivity (Wildman–Crippen MR) is 83.4 cm³/mol. The van der Waals surface area contributed by atoms with Gasteiger partial charge >= 0.3 is 0 Å². The van der Waals surface area contributed by atoms with Crippen LogP contribution in [-0.4, -0.2) is 46.1 Å². The number of hydrogen-bond acceptors (Lipinski definition) is 6. The molecule has 0 aliphatic carbocycles. The summed E-state index contributed by atoms with van der Waals surface area (Å²) in [5, 5.41) is 3.49. The van der Waals surface area contributed by atoms with Crippen LogP contribution in [0.1, 0.15) is 39.5 Å². The first-order valence-electron chi connectivity index (χ1n) is 7.91. The first kappa shape index (κ1) is 14.4. The summed E-state index contributed by atoms with van der Waals surface area (Å²) in [5.74, 6) is 1.18. The molecule has 2 aliphatic rings. The molecule has 0 bridgehead atoms. The summed E-state index contributed by atoms with van der Waals surface area (Å²) in [4.78, 5) is 11.0. The predicted octanol–water partition coefficient (Wildman–Crippen LogP) is 1.88. The lowest BCUT2D eigenvalue weighted by Crippen LogP contribution is -2.43. The van der Waals surface area contributed by atoms with Gasteiger partial charge in [-0.1, -0.05) is 0 Å². The monoisotopic (exact) mass is 291 g/mol. The van der Waals surface area contributed by atoms with Gasteiger partial charge in [-0.2, -0.15) is 4.98 Å². The highest BCUT2D eigenvalue weighted by Gasteiger charge is 2.32. The largest absolute Gasteiger partial charge is 0.473 e. The second-order valence-electron chi connectivity index (χ2n) is 6.31. The van der Waals surface area contributed by atoms with Gasteiger partial charge in [-0.15, -0.1) is 0 Å². The number of nitrogen functional groups attached to an aromatic ring is 1. The Morgan fingerprint density at radius 3 is 3.00 bits per heavy atom. The first-order chi connectivity index (χ1) is 10.1. The van der Waals surface area contributed by atoms with E-state index in [0.717, 1.165) is 12.5 Å². The van der Waals surface area contributed by atoms with Gasteiger partial charge < -0.3 is 20.7 Å². The van der Waals surface area contributed by atoms with Crippen molar-refractivity contribution >= 4 is 11.5 Å². The van der Waals surface area contributed by atoms with Crippen LogP contribution in [0.2, 0.25) is 0 Å². The number of aromatic nitrogens is 2. The standard InChI is InChI=1S/C15H25N5O/c1-10(2)21-15-13(16)14(17-9-18-15)19-11-5-7-20-6-3-4-12(20)8-11/h9-12H,3-8,16H2,1-2H3,(H,17,18,19). The molecule has 6 nitrogen and oxygen atoms in total. The summed E-state index contributed by atoms with van der Waals surface area (Å²) < 4.78 is 5.62. The minimum atomic E-state index is 0.0526. The molecule has 21 heavy (non-hydrogen) atoms. The van der Waals surface area contributed by atoms with E-state index in [1.165, 1.54) is 38.7 Å². The quantitative estimate of drug-likeness (QED) is 0.882. The maximum Gasteiger partial charge on any atom is 0.242 e. The summed E-state index contributed by atoms with van der Waals surface area (Å²) in [6.07, 6.45) is 6.53. The molecule has 2 unspecified atom stereocenters. The van der Waals surface area contributed by atoms with Gasteiger partial charge in [-0.05, 0) is 46.1 Å². The minimum absolute atomic E-state index is 0.0526. The highest BCUT2D eigenvalue weighted by atomic mass is 16.5. The van der Waals surface area contributed by atoms with Crippen LogP contribution < -0.4 is 15.8 Å². The third-order valence-electron chi connectivity index (χ3n) is 4.36. The molecule has 0 spiro atoms. The molecule has 2 aliphatic heterocycles. The van der Waals surface area contributed by atoms with Crippen LogP contribution >= 0.6 is 0 Å². The highest BCUT2D eigenvalue weighted by Crippen LogP contribution is 2.31. The molecular weight excluding hydrogens is 266 g/mol. The van der Waals surface area contributed by atoms with Crippen LogP contribution in [0.3, 0.4) is 0 Å². The lowest BCUT2D eigenvalue weighted by molar-refractivity contribution is 0.188. The van der Waals surface area contributed by atoms with Gasteiger partial charge in [0.2, 0.25) is 5.88 Å². The number of piperidine rings is 1. The van der Waals surface area contributed by atoms with Crippen molar-refractivity contribution < 1.29 is 4.74 Å². The fourth-order valence-corrected chi connectivity index (χ4v) is 3.36. The number of fused-ring (bicyclic) bond motifs is 1. The van der Waals surface area contributed by atoms with Crippen molar-refractivity contribution in [1.82, 2.24) is 14.9 Å². The maximum absolute atomic E-state index is 6.13. The molecule has 116 valence electrons. The minimum Gasteiger partial charge on any atom is -0.473 e. The Kier molecular flexibility index (Phi) is 4.14. The van der Waals surface area contributed by atoms with Crippen LogP contribution in [0, 0.1) is 0 Å². The second kappa shape index (κ2) is 6.05. The van der Waals surface area contributed by atoms with Crippen LogP contribution in [0.25, 0.3) is 0 Å². The summed E-state index contributed by atoms with van der Waals surface area (Å²) in [5.41, 5.74) is 6.65. The molecule has 3 rings (SSSR count). The molecule has 2 fully saturated rings. The van der Waals surface area contributed by atoms with Crippen molar-refractivity contribution in [2.24, 2.45) is 0 Å². The van der Waals surface area contributed by atoms with Crippen molar-refractivity contribution in [1.29, 1.82) is 0 Å². The van der Waals surface area contributed by atoms with Crippen LogP contribution in [-0.2, 0) is 0 Å². The van der Waals surface area contributed by atoms with Crippen LogP contribution in [0.15, 0.2) is 6.33 Å². The number of hydrogen-bond donors (Lipinski definition) is 2. The Morgan fingerprint density at radius 1 is 1.33 bits per heavy atom. The molecule has 0 aromatic carbocycles. The van der Waals surface area contributed by atoms with Crippen molar-refractivity contribution in [3.63, 3.8) is 0 Å². The Bertz CT molecular complexity index is 493. The van der Waals surface area contributed by atoms with Gasteiger partial charge in [0.1, 0.15) is 12.0 Å². The third-order valence-corrected chi connectivity index (χ3v) is 4.36. The molecule has 3 heterocycles. The summed E-state index contributed by atoms with van der Waals surface area (Å²) in [6, 6.07) is 1.17. The summed E-state index contributed by atoms with van der Waals surface area (Å²) in [6.45, 7) is 6.36. The number of rotatable bonds is 4. The van der Waals surface area contributed by atoms with E-state index in [1.54, 1.807) is 0 Å². The van der Waals surface area contributed by atoms with E-state index in [2.05, 4.69) is 20.2 Å². The number of nitrogens with two attached hydrogens (primary N) is 1. The van der Waals surface area contributed by atoms with Gasteiger partial charge in [0, 0.05) is 18.6 Å². The molecule has 6 heteroatoms. The van der Waals surface area contributed by atoms with Crippen molar-refractivity contribution in [3.05, 3.63) is 6.33 Å². The van der Waals surface area contributed by atoms with E-state index in [4.69, 9.17) is 10.5 Å². The molecule has 1 aromatic rings. The van der Waals surface area contributed by atoms with Gasteiger partial charge in [0.25, 0.3) is 0 Å². The normalized spacial score (nSPS) is 25.9. The molecule has 3 N–H and O–H groups in total. The van der Waals surface area contributed by atoms with Crippen molar-refractivity contribution in [2.75, 3.05) is 24.1 Å². The number of ether oxygens (including phenoxy) is 1.